The lowest BCUT2D eigenvalue weighted by atomic mass is 10.1. The third kappa shape index (κ3) is 1.70. The van der Waals surface area contributed by atoms with Crippen LogP contribution in [0.4, 0.5) is 13.2 Å². The van der Waals surface area contributed by atoms with Crippen molar-refractivity contribution in [1.29, 1.82) is 0 Å². The molecule has 0 amide bonds. The zero-order valence-electron chi connectivity index (χ0n) is 9.17. The summed E-state index contributed by atoms with van der Waals surface area (Å²) in [6, 6.07) is 1.77. The van der Waals surface area contributed by atoms with Crippen molar-refractivity contribution in [2.45, 2.75) is 6.17 Å². The highest BCUT2D eigenvalue weighted by atomic mass is 19.2. The summed E-state index contributed by atoms with van der Waals surface area (Å²) in [4.78, 5) is 3.59. The molecule has 0 aromatic heterocycles. The number of benzene rings is 1. The van der Waals surface area contributed by atoms with Gasteiger partial charge in [-0.2, -0.15) is 0 Å². The Kier molecular flexibility index (Phi) is 2.90. The van der Waals surface area contributed by atoms with Crippen LogP contribution in [-0.4, -0.2) is 37.0 Å². The zero-order valence-corrected chi connectivity index (χ0v) is 9.17. The van der Waals surface area contributed by atoms with Crippen LogP contribution in [0.5, 0.6) is 0 Å². The summed E-state index contributed by atoms with van der Waals surface area (Å²) >= 11 is 0. The molecule has 0 saturated carbocycles. The van der Waals surface area contributed by atoms with Crippen molar-refractivity contribution in [3.8, 4) is 0 Å². The van der Waals surface area contributed by atoms with Gasteiger partial charge in [0.25, 0.3) is 0 Å². The maximum absolute atomic E-state index is 13.6. The van der Waals surface area contributed by atoms with E-state index in [9.17, 15) is 13.2 Å². The fourth-order valence-electron chi connectivity index (χ4n) is 2.12. The van der Waals surface area contributed by atoms with Crippen LogP contribution in [-0.2, 0) is 0 Å². The minimum absolute atomic E-state index is 0.206. The summed E-state index contributed by atoms with van der Waals surface area (Å²) in [5.41, 5.74) is -0.206. The molecule has 2 nitrogen and oxygen atoms in total. The van der Waals surface area contributed by atoms with E-state index >= 15 is 0 Å². The topological polar surface area (TPSA) is 6.48 Å². The normalized spacial score (nSPS) is 19.6. The van der Waals surface area contributed by atoms with Crippen LogP contribution in [0.3, 0.4) is 0 Å². The molecule has 1 saturated heterocycles. The molecule has 2 rings (SSSR count). The van der Waals surface area contributed by atoms with Crippen LogP contribution in [0.15, 0.2) is 12.1 Å². The molecule has 16 heavy (non-hydrogen) atoms. The van der Waals surface area contributed by atoms with E-state index in [0.717, 1.165) is 12.1 Å². The summed E-state index contributed by atoms with van der Waals surface area (Å²) in [7, 11) is 3.52. The minimum atomic E-state index is -1.09. The van der Waals surface area contributed by atoms with Crippen molar-refractivity contribution in [2.24, 2.45) is 0 Å². The molecule has 1 aliphatic rings. The molecule has 1 fully saturated rings. The predicted molar refractivity (Wildman–Crippen MR) is 54.3 cm³/mol. The van der Waals surface area contributed by atoms with Crippen molar-refractivity contribution >= 4 is 0 Å². The highest BCUT2D eigenvalue weighted by Crippen LogP contribution is 2.31. The fourth-order valence-corrected chi connectivity index (χ4v) is 2.12. The lowest BCUT2D eigenvalue weighted by molar-refractivity contribution is 0.178. The Labute approximate surface area is 92.3 Å². The molecular formula is C11H13F3N2. The third-order valence-corrected chi connectivity index (χ3v) is 2.98. The van der Waals surface area contributed by atoms with Gasteiger partial charge in [-0.05, 0) is 26.2 Å². The lowest BCUT2D eigenvalue weighted by Gasteiger charge is -2.26. The van der Waals surface area contributed by atoms with Gasteiger partial charge in [-0.15, -0.1) is 0 Å². The Hall–Kier alpha value is -1.07. The van der Waals surface area contributed by atoms with E-state index in [-0.39, 0.29) is 5.56 Å². The van der Waals surface area contributed by atoms with Gasteiger partial charge in [0.15, 0.2) is 11.6 Å². The van der Waals surface area contributed by atoms with Gasteiger partial charge in [0.1, 0.15) is 5.82 Å². The van der Waals surface area contributed by atoms with E-state index < -0.39 is 23.6 Å². The molecule has 0 N–H and O–H groups in total. The van der Waals surface area contributed by atoms with Gasteiger partial charge in [0, 0.05) is 13.1 Å². The number of likely N-dealkylation sites (N-methyl/N-ethyl adjacent to an activating group) is 2. The van der Waals surface area contributed by atoms with Crippen LogP contribution in [0, 0.1) is 17.5 Å². The van der Waals surface area contributed by atoms with Crippen molar-refractivity contribution in [3.63, 3.8) is 0 Å². The predicted octanol–water partition coefficient (Wildman–Crippen LogP) is 1.98. The summed E-state index contributed by atoms with van der Waals surface area (Å²) in [5, 5.41) is 0. The fraction of sp³-hybridized carbons (Fsp3) is 0.455. The maximum Gasteiger partial charge on any atom is 0.167 e. The van der Waals surface area contributed by atoms with Gasteiger partial charge in [-0.25, -0.2) is 13.2 Å². The molecule has 1 aliphatic heterocycles. The molecule has 0 atom stereocenters. The Balaban J connectivity index is 2.50. The average molecular weight is 230 g/mol. The largest absolute Gasteiger partial charge is 0.286 e. The highest BCUT2D eigenvalue weighted by Gasteiger charge is 2.33. The second kappa shape index (κ2) is 4.07. The first-order valence-corrected chi connectivity index (χ1v) is 5.06. The molecule has 0 unspecified atom stereocenters. The molecule has 1 heterocycles. The smallest absolute Gasteiger partial charge is 0.167 e. The molecule has 5 heteroatoms. The molecule has 88 valence electrons. The molecule has 1 aromatic carbocycles. The van der Waals surface area contributed by atoms with Gasteiger partial charge in [-0.1, -0.05) is 0 Å². The second-order valence-electron chi connectivity index (χ2n) is 4.09. The van der Waals surface area contributed by atoms with Gasteiger partial charge in [-0.3, -0.25) is 9.80 Å². The number of hydrogen-bond acceptors (Lipinski definition) is 2. The summed E-state index contributed by atoms with van der Waals surface area (Å²) in [6.07, 6.45) is -0.532. The first kappa shape index (κ1) is 11.4. The Morgan fingerprint density at radius 1 is 1.00 bits per heavy atom. The Morgan fingerprint density at radius 3 is 2.06 bits per heavy atom. The number of halogens is 3. The second-order valence-corrected chi connectivity index (χ2v) is 4.09. The molecule has 0 radical (unpaired) electrons. The number of rotatable bonds is 1. The van der Waals surface area contributed by atoms with E-state index in [4.69, 9.17) is 0 Å². The summed E-state index contributed by atoms with van der Waals surface area (Å²) < 4.78 is 40.2. The van der Waals surface area contributed by atoms with E-state index in [1.54, 1.807) is 23.9 Å². The van der Waals surface area contributed by atoms with Gasteiger partial charge < -0.3 is 0 Å². The zero-order chi connectivity index (χ0) is 11.9. The van der Waals surface area contributed by atoms with E-state index in [1.807, 2.05) is 0 Å². The van der Waals surface area contributed by atoms with Crippen LogP contribution in [0.2, 0.25) is 0 Å². The highest BCUT2D eigenvalue weighted by molar-refractivity contribution is 5.25. The van der Waals surface area contributed by atoms with Crippen LogP contribution < -0.4 is 0 Å². The van der Waals surface area contributed by atoms with Crippen LogP contribution in [0.25, 0.3) is 0 Å². The van der Waals surface area contributed by atoms with Crippen molar-refractivity contribution in [3.05, 3.63) is 35.1 Å². The van der Waals surface area contributed by atoms with E-state index in [1.165, 1.54) is 0 Å². The Bertz CT molecular complexity index is 398. The SMILES string of the molecule is CN1CCN(C)C1c1c(F)ccc(F)c1F. The Morgan fingerprint density at radius 2 is 1.50 bits per heavy atom. The van der Waals surface area contributed by atoms with E-state index in [0.29, 0.717) is 13.1 Å². The quantitative estimate of drug-likeness (QED) is 0.681. The number of hydrogen-bond donors (Lipinski definition) is 0. The molecule has 0 aliphatic carbocycles. The van der Waals surface area contributed by atoms with Crippen LogP contribution >= 0.6 is 0 Å². The van der Waals surface area contributed by atoms with E-state index in [2.05, 4.69) is 0 Å². The van der Waals surface area contributed by atoms with Crippen LogP contribution in [0.1, 0.15) is 11.7 Å². The average Bonchev–Trinajstić information content (AvgIpc) is 2.56. The number of nitrogens with zero attached hydrogens (tertiary/aromatic N) is 2. The van der Waals surface area contributed by atoms with Crippen molar-refractivity contribution in [1.82, 2.24) is 9.80 Å². The molecule has 0 bridgehead atoms. The molecule has 1 aromatic rings. The molecular weight excluding hydrogens is 217 g/mol. The van der Waals surface area contributed by atoms with Gasteiger partial charge >= 0.3 is 0 Å². The standard InChI is InChI=1S/C11H13F3N2/c1-15-5-6-16(2)11(15)9-7(12)3-4-8(13)10(9)14/h3-4,11H,5-6H2,1-2H3. The first-order valence-electron chi connectivity index (χ1n) is 5.06. The molecule has 0 spiro atoms. The lowest BCUT2D eigenvalue weighted by Crippen LogP contribution is -2.28. The summed E-state index contributed by atoms with van der Waals surface area (Å²) in [5.74, 6) is -2.81. The minimum Gasteiger partial charge on any atom is -0.286 e. The van der Waals surface area contributed by atoms with Gasteiger partial charge in [0.05, 0.1) is 11.7 Å². The monoisotopic (exact) mass is 230 g/mol. The summed E-state index contributed by atoms with van der Waals surface area (Å²) in [6.45, 7) is 1.41. The first-order chi connectivity index (χ1) is 7.52. The maximum atomic E-state index is 13.6. The third-order valence-electron chi connectivity index (χ3n) is 2.98. The van der Waals surface area contributed by atoms with Gasteiger partial charge in [0.2, 0.25) is 0 Å². The van der Waals surface area contributed by atoms with Crippen molar-refractivity contribution in [2.75, 3.05) is 27.2 Å². The van der Waals surface area contributed by atoms with Crippen molar-refractivity contribution < 1.29 is 13.2 Å².